The topological polar surface area (TPSA) is 58.6 Å². The van der Waals surface area contributed by atoms with Crippen LogP contribution in [0.25, 0.3) is 0 Å². The predicted molar refractivity (Wildman–Crippen MR) is 93.9 cm³/mol. The van der Waals surface area contributed by atoms with Crippen molar-refractivity contribution in [1.29, 1.82) is 0 Å². The van der Waals surface area contributed by atoms with E-state index in [1.54, 1.807) is 18.2 Å². The molecule has 0 radical (unpaired) electrons. The van der Waals surface area contributed by atoms with Crippen molar-refractivity contribution in [3.05, 3.63) is 56.0 Å². The largest absolute Gasteiger partial charge is 0.492 e. The third-order valence-electron chi connectivity index (χ3n) is 2.79. The molecule has 2 N–H and O–H groups in total. The fourth-order valence-corrected chi connectivity index (χ4v) is 2.94. The van der Waals surface area contributed by atoms with Crippen LogP contribution in [0.15, 0.2) is 30.3 Å². The summed E-state index contributed by atoms with van der Waals surface area (Å²) in [7, 11) is 0. The second-order valence-electron chi connectivity index (χ2n) is 4.50. The highest BCUT2D eigenvalue weighted by Gasteiger charge is 2.14. The molecule has 0 spiro atoms. The fourth-order valence-electron chi connectivity index (χ4n) is 1.88. The van der Waals surface area contributed by atoms with Gasteiger partial charge >= 0.3 is 5.97 Å². The van der Waals surface area contributed by atoms with Crippen LogP contribution in [-0.2, 0) is 0 Å². The zero-order valence-corrected chi connectivity index (χ0v) is 14.6. The summed E-state index contributed by atoms with van der Waals surface area (Å²) in [5.74, 6) is -0.607. The quantitative estimate of drug-likeness (QED) is 0.636. The maximum atomic E-state index is 11.2. The van der Waals surface area contributed by atoms with Gasteiger partial charge in [0.05, 0.1) is 16.3 Å². The van der Waals surface area contributed by atoms with Gasteiger partial charge in [-0.15, -0.1) is 0 Å². The van der Waals surface area contributed by atoms with Gasteiger partial charge in [0.1, 0.15) is 12.4 Å². The first-order valence-corrected chi connectivity index (χ1v) is 7.93. The lowest BCUT2D eigenvalue weighted by Crippen LogP contribution is -2.14. The Morgan fingerprint density at radius 2 is 1.61 bits per heavy atom. The van der Waals surface area contributed by atoms with Crippen molar-refractivity contribution in [2.24, 2.45) is 0 Å². The number of aromatic carboxylic acids is 1. The van der Waals surface area contributed by atoms with Gasteiger partial charge in [0.2, 0.25) is 0 Å². The van der Waals surface area contributed by atoms with Crippen LogP contribution >= 0.6 is 46.4 Å². The maximum absolute atomic E-state index is 11.2. The summed E-state index contributed by atoms with van der Waals surface area (Å²) in [6.07, 6.45) is 0. The molecule has 0 saturated heterocycles. The van der Waals surface area contributed by atoms with Gasteiger partial charge in [0.25, 0.3) is 0 Å². The highest BCUT2D eigenvalue weighted by Crippen LogP contribution is 2.30. The molecule has 0 aromatic heterocycles. The van der Waals surface area contributed by atoms with Crippen molar-refractivity contribution in [2.75, 3.05) is 18.5 Å². The SMILES string of the molecule is O=C(O)c1cc(Cl)cc(Cl)c1NCCOc1cc(Cl)cc(Cl)c1. The number of halogens is 4. The number of nitrogens with one attached hydrogen (secondary N) is 1. The first-order valence-electron chi connectivity index (χ1n) is 6.42. The number of anilines is 1. The first kappa shape index (κ1) is 18.0. The van der Waals surface area contributed by atoms with Crippen molar-refractivity contribution < 1.29 is 14.6 Å². The molecule has 0 saturated carbocycles. The van der Waals surface area contributed by atoms with Crippen LogP contribution in [0.1, 0.15) is 10.4 Å². The number of ether oxygens (including phenoxy) is 1. The zero-order chi connectivity index (χ0) is 17.0. The van der Waals surface area contributed by atoms with Gasteiger partial charge in [-0.25, -0.2) is 4.79 Å². The molecule has 122 valence electrons. The number of hydrogen-bond donors (Lipinski definition) is 2. The average molecular weight is 395 g/mol. The van der Waals surface area contributed by atoms with Gasteiger partial charge in [-0.05, 0) is 30.3 Å². The van der Waals surface area contributed by atoms with E-state index < -0.39 is 5.97 Å². The molecule has 0 aliphatic rings. The highest BCUT2D eigenvalue weighted by molar-refractivity contribution is 6.37. The van der Waals surface area contributed by atoms with E-state index in [1.807, 2.05) is 0 Å². The lowest BCUT2D eigenvalue weighted by atomic mass is 10.2. The summed E-state index contributed by atoms with van der Waals surface area (Å²) in [6, 6.07) is 7.66. The summed E-state index contributed by atoms with van der Waals surface area (Å²) in [6.45, 7) is 0.584. The molecule has 0 aliphatic carbocycles. The molecule has 0 bridgehead atoms. The summed E-state index contributed by atoms with van der Waals surface area (Å²) < 4.78 is 5.51. The van der Waals surface area contributed by atoms with Crippen LogP contribution in [0.2, 0.25) is 20.1 Å². The molecule has 2 rings (SSSR count). The van der Waals surface area contributed by atoms with E-state index in [4.69, 9.17) is 51.1 Å². The van der Waals surface area contributed by atoms with Crippen molar-refractivity contribution in [3.8, 4) is 5.75 Å². The Morgan fingerprint density at radius 1 is 1.00 bits per heavy atom. The molecular weight excluding hydrogens is 384 g/mol. The van der Waals surface area contributed by atoms with E-state index in [2.05, 4.69) is 5.32 Å². The molecule has 0 heterocycles. The van der Waals surface area contributed by atoms with Crippen LogP contribution < -0.4 is 10.1 Å². The third kappa shape index (κ3) is 5.08. The van der Waals surface area contributed by atoms with E-state index in [0.717, 1.165) is 0 Å². The van der Waals surface area contributed by atoms with Crippen LogP contribution in [0, 0.1) is 0 Å². The molecule has 23 heavy (non-hydrogen) atoms. The maximum Gasteiger partial charge on any atom is 0.337 e. The number of rotatable bonds is 6. The minimum atomic E-state index is -1.13. The van der Waals surface area contributed by atoms with Crippen molar-refractivity contribution in [3.63, 3.8) is 0 Å². The number of carboxylic acid groups (broad SMARTS) is 1. The molecule has 8 heteroatoms. The van der Waals surface area contributed by atoms with Gasteiger partial charge in [0, 0.05) is 21.6 Å². The Bertz CT molecular complexity index is 717. The van der Waals surface area contributed by atoms with Crippen molar-refractivity contribution in [1.82, 2.24) is 0 Å². The molecular formula is C15H11Cl4NO3. The Morgan fingerprint density at radius 3 is 2.22 bits per heavy atom. The Hall–Kier alpha value is -1.33. The fraction of sp³-hybridized carbons (Fsp3) is 0.133. The first-order chi connectivity index (χ1) is 10.9. The predicted octanol–water partition coefficient (Wildman–Crippen LogP) is 5.49. The van der Waals surface area contributed by atoms with Crippen LogP contribution in [0.5, 0.6) is 5.75 Å². The van der Waals surface area contributed by atoms with Crippen molar-refractivity contribution >= 4 is 58.1 Å². The van der Waals surface area contributed by atoms with Crippen LogP contribution in [-0.4, -0.2) is 24.2 Å². The van der Waals surface area contributed by atoms with Gasteiger partial charge in [-0.1, -0.05) is 46.4 Å². The van der Waals surface area contributed by atoms with Crippen molar-refractivity contribution in [2.45, 2.75) is 0 Å². The zero-order valence-electron chi connectivity index (χ0n) is 11.6. The molecule has 0 fully saturated rings. The highest BCUT2D eigenvalue weighted by atomic mass is 35.5. The summed E-state index contributed by atoms with van der Waals surface area (Å²) >= 11 is 23.6. The average Bonchev–Trinajstić information content (AvgIpc) is 2.43. The van der Waals surface area contributed by atoms with Gasteiger partial charge in [0.15, 0.2) is 0 Å². The lowest BCUT2D eigenvalue weighted by molar-refractivity contribution is 0.0698. The molecule has 4 nitrogen and oxygen atoms in total. The van der Waals surface area contributed by atoms with Gasteiger partial charge < -0.3 is 15.2 Å². The molecule has 0 aliphatic heterocycles. The smallest absolute Gasteiger partial charge is 0.337 e. The molecule has 0 atom stereocenters. The van der Waals surface area contributed by atoms with Crippen LogP contribution in [0.4, 0.5) is 5.69 Å². The number of hydrogen-bond acceptors (Lipinski definition) is 3. The lowest BCUT2D eigenvalue weighted by Gasteiger charge is -2.13. The minimum absolute atomic E-state index is 0.00620. The Labute approximate surface area is 152 Å². The van der Waals surface area contributed by atoms with E-state index >= 15 is 0 Å². The summed E-state index contributed by atoms with van der Waals surface area (Å²) in [4.78, 5) is 11.2. The standard InChI is InChI=1S/C15H11Cl4NO3/c16-8-3-9(17)5-11(4-8)23-2-1-20-14-12(15(21)22)6-10(18)7-13(14)19/h3-7,20H,1-2H2,(H,21,22). The third-order valence-corrected chi connectivity index (χ3v) is 3.75. The van der Waals surface area contributed by atoms with Gasteiger partial charge in [-0.2, -0.15) is 0 Å². The second kappa shape index (κ2) is 7.97. The summed E-state index contributed by atoms with van der Waals surface area (Å²) in [5, 5.41) is 13.5. The van der Waals surface area contributed by atoms with E-state index in [0.29, 0.717) is 22.3 Å². The molecule has 2 aromatic carbocycles. The van der Waals surface area contributed by atoms with Crippen LogP contribution in [0.3, 0.4) is 0 Å². The monoisotopic (exact) mass is 393 g/mol. The molecule has 0 amide bonds. The number of benzene rings is 2. The number of carbonyl (C=O) groups is 1. The number of carboxylic acids is 1. The minimum Gasteiger partial charge on any atom is -0.492 e. The summed E-state index contributed by atoms with van der Waals surface area (Å²) in [5.41, 5.74) is 0.282. The van der Waals surface area contributed by atoms with E-state index in [9.17, 15) is 9.90 Å². The molecule has 2 aromatic rings. The van der Waals surface area contributed by atoms with Gasteiger partial charge in [-0.3, -0.25) is 0 Å². The Balaban J connectivity index is 2.00. The normalized spacial score (nSPS) is 10.4. The Kier molecular flexibility index (Phi) is 6.25. The van der Waals surface area contributed by atoms with E-state index in [1.165, 1.54) is 12.1 Å². The molecule has 0 unspecified atom stereocenters. The second-order valence-corrected chi connectivity index (χ2v) is 6.21. The van der Waals surface area contributed by atoms with E-state index in [-0.39, 0.29) is 27.9 Å².